The van der Waals surface area contributed by atoms with E-state index in [2.05, 4.69) is 11.9 Å². The van der Waals surface area contributed by atoms with Crippen LogP contribution in [0.25, 0.3) is 0 Å². The van der Waals surface area contributed by atoms with Crippen molar-refractivity contribution in [1.82, 2.24) is 0 Å². The van der Waals surface area contributed by atoms with Gasteiger partial charge < -0.3 is 5.32 Å². The van der Waals surface area contributed by atoms with Crippen molar-refractivity contribution in [1.29, 1.82) is 5.26 Å². The Morgan fingerprint density at radius 1 is 1.62 bits per heavy atom. The largest absolute Gasteiger partial charge is 0.378 e. The number of nitriles is 1. The minimum absolute atomic E-state index is 0.241. The second-order valence-electron chi connectivity index (χ2n) is 2.44. The Morgan fingerprint density at radius 2 is 2.38 bits per heavy atom. The van der Waals surface area contributed by atoms with Gasteiger partial charge in [-0.25, -0.2) is 4.39 Å². The van der Waals surface area contributed by atoms with E-state index in [4.69, 9.17) is 5.26 Å². The summed E-state index contributed by atoms with van der Waals surface area (Å²) < 4.78 is 13.1. The van der Waals surface area contributed by atoms with E-state index in [1.54, 1.807) is 12.1 Å². The third-order valence-electron chi connectivity index (χ3n) is 1.56. The monoisotopic (exact) mass is 176 g/mol. The number of nitrogens with one attached hydrogen (secondary N) is 1. The molecule has 0 aliphatic carbocycles. The summed E-state index contributed by atoms with van der Waals surface area (Å²) in [6, 6.07) is 6.29. The Balaban J connectivity index is 3.02. The van der Waals surface area contributed by atoms with Gasteiger partial charge in [0.2, 0.25) is 0 Å². The standard InChI is InChI=1S/C10H9FN2/c1-2-6-13-10-8(7-12)4-3-5-9(10)11/h2-5,13H,1,6H2. The van der Waals surface area contributed by atoms with E-state index in [1.165, 1.54) is 12.1 Å². The molecule has 13 heavy (non-hydrogen) atoms. The maximum absolute atomic E-state index is 13.1. The molecule has 0 saturated heterocycles. The van der Waals surface area contributed by atoms with Gasteiger partial charge in [0.1, 0.15) is 11.9 Å². The van der Waals surface area contributed by atoms with Gasteiger partial charge in [0.05, 0.1) is 11.3 Å². The lowest BCUT2D eigenvalue weighted by atomic mass is 10.2. The fourth-order valence-electron chi connectivity index (χ4n) is 0.971. The SMILES string of the molecule is C=CCNc1c(F)cccc1C#N. The van der Waals surface area contributed by atoms with Gasteiger partial charge in [-0.15, -0.1) is 6.58 Å². The maximum atomic E-state index is 13.1. The molecular weight excluding hydrogens is 167 g/mol. The first-order chi connectivity index (χ1) is 6.29. The zero-order valence-electron chi connectivity index (χ0n) is 7.05. The molecule has 0 saturated carbocycles. The lowest BCUT2D eigenvalue weighted by Crippen LogP contribution is -2.02. The Kier molecular flexibility index (Phi) is 3.04. The summed E-state index contributed by atoms with van der Waals surface area (Å²) in [5.41, 5.74) is 0.548. The molecule has 0 unspecified atom stereocenters. The molecule has 1 aromatic rings. The van der Waals surface area contributed by atoms with Crippen molar-refractivity contribution in [2.45, 2.75) is 0 Å². The molecule has 0 spiro atoms. The van der Waals surface area contributed by atoms with Crippen LogP contribution < -0.4 is 5.32 Å². The Bertz CT molecular complexity index is 352. The van der Waals surface area contributed by atoms with Crippen molar-refractivity contribution in [3.8, 4) is 6.07 Å². The second-order valence-corrected chi connectivity index (χ2v) is 2.44. The van der Waals surface area contributed by atoms with E-state index in [9.17, 15) is 4.39 Å². The van der Waals surface area contributed by atoms with Gasteiger partial charge in [-0.3, -0.25) is 0 Å². The molecule has 0 aromatic heterocycles. The molecule has 0 aliphatic rings. The predicted molar refractivity (Wildman–Crippen MR) is 49.8 cm³/mol. The van der Waals surface area contributed by atoms with Crippen molar-refractivity contribution >= 4 is 5.69 Å². The molecule has 66 valence electrons. The minimum atomic E-state index is -0.416. The molecule has 1 aromatic carbocycles. The summed E-state index contributed by atoms with van der Waals surface area (Å²) in [7, 11) is 0. The predicted octanol–water partition coefficient (Wildman–Crippen LogP) is 2.30. The molecule has 0 radical (unpaired) electrons. The quantitative estimate of drug-likeness (QED) is 0.717. The van der Waals surface area contributed by atoms with Crippen LogP contribution in [-0.2, 0) is 0 Å². The Hall–Kier alpha value is -1.82. The molecule has 1 N–H and O–H groups in total. The van der Waals surface area contributed by atoms with Gasteiger partial charge in [0.15, 0.2) is 0 Å². The number of rotatable bonds is 3. The van der Waals surface area contributed by atoms with Crippen LogP contribution in [0.5, 0.6) is 0 Å². The number of halogens is 1. The highest BCUT2D eigenvalue weighted by Crippen LogP contribution is 2.18. The van der Waals surface area contributed by atoms with Crippen LogP contribution >= 0.6 is 0 Å². The fraction of sp³-hybridized carbons (Fsp3) is 0.100. The first-order valence-corrected chi connectivity index (χ1v) is 3.83. The van der Waals surface area contributed by atoms with Crippen LogP contribution in [0.4, 0.5) is 10.1 Å². The number of para-hydroxylation sites is 1. The highest BCUT2D eigenvalue weighted by atomic mass is 19.1. The van der Waals surface area contributed by atoms with Crippen molar-refractivity contribution in [2.24, 2.45) is 0 Å². The van der Waals surface area contributed by atoms with Gasteiger partial charge in [-0.2, -0.15) is 5.26 Å². The summed E-state index contributed by atoms with van der Waals surface area (Å²) in [5, 5.41) is 11.4. The molecule has 2 nitrogen and oxygen atoms in total. The van der Waals surface area contributed by atoms with E-state index in [-0.39, 0.29) is 5.69 Å². The first-order valence-electron chi connectivity index (χ1n) is 3.83. The summed E-state index contributed by atoms with van der Waals surface area (Å²) in [6.07, 6.45) is 1.60. The summed E-state index contributed by atoms with van der Waals surface area (Å²) in [6.45, 7) is 3.93. The average molecular weight is 176 g/mol. The molecule has 1 rings (SSSR count). The molecular formula is C10H9FN2. The van der Waals surface area contributed by atoms with E-state index < -0.39 is 5.82 Å². The van der Waals surface area contributed by atoms with Crippen LogP contribution in [0.2, 0.25) is 0 Å². The molecule has 0 aliphatic heterocycles. The van der Waals surface area contributed by atoms with Gasteiger partial charge >= 0.3 is 0 Å². The average Bonchev–Trinajstić information content (AvgIpc) is 2.15. The van der Waals surface area contributed by atoms with E-state index in [1.807, 2.05) is 6.07 Å². The normalized spacial score (nSPS) is 8.92. The number of hydrogen-bond donors (Lipinski definition) is 1. The fourth-order valence-corrected chi connectivity index (χ4v) is 0.971. The van der Waals surface area contributed by atoms with Crippen molar-refractivity contribution in [3.05, 3.63) is 42.2 Å². The third kappa shape index (κ3) is 2.06. The lowest BCUT2D eigenvalue weighted by Gasteiger charge is -2.05. The number of anilines is 1. The van der Waals surface area contributed by atoms with Crippen LogP contribution in [0.1, 0.15) is 5.56 Å². The maximum Gasteiger partial charge on any atom is 0.147 e. The summed E-state index contributed by atoms with van der Waals surface area (Å²) in [5.74, 6) is -0.416. The van der Waals surface area contributed by atoms with E-state index >= 15 is 0 Å². The highest BCUT2D eigenvalue weighted by molar-refractivity contribution is 5.58. The zero-order valence-corrected chi connectivity index (χ0v) is 7.05. The minimum Gasteiger partial charge on any atom is -0.378 e. The van der Waals surface area contributed by atoms with Gasteiger partial charge in [0.25, 0.3) is 0 Å². The highest BCUT2D eigenvalue weighted by Gasteiger charge is 2.05. The number of nitrogens with zero attached hydrogens (tertiary/aromatic N) is 1. The molecule has 0 fully saturated rings. The van der Waals surface area contributed by atoms with Crippen molar-refractivity contribution < 1.29 is 4.39 Å². The molecule has 3 heteroatoms. The zero-order chi connectivity index (χ0) is 9.68. The Labute approximate surface area is 76.3 Å². The van der Waals surface area contributed by atoms with Crippen LogP contribution in [-0.4, -0.2) is 6.54 Å². The molecule has 0 heterocycles. The second kappa shape index (κ2) is 4.27. The summed E-state index contributed by atoms with van der Waals surface area (Å²) in [4.78, 5) is 0. The van der Waals surface area contributed by atoms with Crippen LogP contribution in [0, 0.1) is 17.1 Å². The van der Waals surface area contributed by atoms with Gasteiger partial charge in [0, 0.05) is 6.54 Å². The lowest BCUT2D eigenvalue weighted by molar-refractivity contribution is 0.630. The number of hydrogen-bond acceptors (Lipinski definition) is 2. The van der Waals surface area contributed by atoms with Crippen molar-refractivity contribution in [3.63, 3.8) is 0 Å². The van der Waals surface area contributed by atoms with Crippen LogP contribution in [0.15, 0.2) is 30.9 Å². The molecule has 0 amide bonds. The van der Waals surface area contributed by atoms with Crippen LogP contribution in [0.3, 0.4) is 0 Å². The molecule has 0 bridgehead atoms. The first kappa shape index (κ1) is 9.27. The third-order valence-corrected chi connectivity index (χ3v) is 1.56. The Morgan fingerprint density at radius 3 is 3.00 bits per heavy atom. The van der Waals surface area contributed by atoms with Gasteiger partial charge in [-0.05, 0) is 12.1 Å². The summed E-state index contributed by atoms with van der Waals surface area (Å²) >= 11 is 0. The smallest absolute Gasteiger partial charge is 0.147 e. The van der Waals surface area contributed by atoms with E-state index in [0.29, 0.717) is 12.1 Å². The topological polar surface area (TPSA) is 35.8 Å². The van der Waals surface area contributed by atoms with Crippen molar-refractivity contribution in [2.75, 3.05) is 11.9 Å². The van der Waals surface area contributed by atoms with Gasteiger partial charge in [-0.1, -0.05) is 12.1 Å². The molecule has 0 atom stereocenters. The number of benzene rings is 1. The van der Waals surface area contributed by atoms with E-state index in [0.717, 1.165) is 0 Å².